The summed E-state index contributed by atoms with van der Waals surface area (Å²) in [6.45, 7) is 2.04. The summed E-state index contributed by atoms with van der Waals surface area (Å²) in [4.78, 5) is 0. The highest BCUT2D eigenvalue weighted by Crippen LogP contribution is 2.27. The van der Waals surface area contributed by atoms with Crippen LogP contribution < -0.4 is 11.1 Å². The highest BCUT2D eigenvalue weighted by molar-refractivity contribution is 5.96. The molecule has 0 saturated heterocycles. The van der Waals surface area contributed by atoms with Crippen molar-refractivity contribution in [2.45, 2.75) is 6.92 Å². The summed E-state index contributed by atoms with van der Waals surface area (Å²) in [6, 6.07) is 11.7. The van der Waals surface area contributed by atoms with Gasteiger partial charge in [0.05, 0.1) is 11.4 Å². The molecule has 2 aromatic carbocycles. The van der Waals surface area contributed by atoms with Crippen LogP contribution >= 0.6 is 0 Å². The van der Waals surface area contributed by atoms with Gasteiger partial charge >= 0.3 is 0 Å². The Bertz CT molecular complexity index is 705. The van der Waals surface area contributed by atoms with Crippen LogP contribution in [-0.4, -0.2) is 10.3 Å². The maximum absolute atomic E-state index is 5.80. The Kier molecular flexibility index (Phi) is 2.37. The molecule has 1 aromatic heterocycles. The first-order valence-electron chi connectivity index (χ1n) is 5.58. The Morgan fingerprint density at radius 1 is 1.11 bits per heavy atom. The molecule has 0 aliphatic rings. The van der Waals surface area contributed by atoms with Crippen LogP contribution in [0.25, 0.3) is 11.0 Å². The molecule has 0 radical (unpaired) electrons. The number of rotatable bonds is 2. The number of nitrogen functional groups attached to an aromatic ring is 1. The minimum atomic E-state index is 0.557. The largest absolute Gasteiger partial charge is 0.397 e. The SMILES string of the molecule is Cc1cccc(Nc2ccc(N)c3nonc23)c1. The van der Waals surface area contributed by atoms with Crippen molar-refractivity contribution in [3.8, 4) is 0 Å². The van der Waals surface area contributed by atoms with Gasteiger partial charge in [0, 0.05) is 5.69 Å². The number of fused-ring (bicyclic) bond motifs is 1. The summed E-state index contributed by atoms with van der Waals surface area (Å²) >= 11 is 0. The van der Waals surface area contributed by atoms with Crippen molar-refractivity contribution in [3.05, 3.63) is 42.0 Å². The molecule has 0 bridgehead atoms. The smallest absolute Gasteiger partial charge is 0.160 e. The molecule has 5 heteroatoms. The van der Waals surface area contributed by atoms with Crippen molar-refractivity contribution in [2.24, 2.45) is 0 Å². The third-order valence-electron chi connectivity index (χ3n) is 2.74. The number of aryl methyl sites for hydroxylation is 1. The lowest BCUT2D eigenvalue weighted by molar-refractivity contribution is 0.316. The van der Waals surface area contributed by atoms with Crippen molar-refractivity contribution >= 4 is 28.1 Å². The number of aromatic nitrogens is 2. The van der Waals surface area contributed by atoms with E-state index in [2.05, 4.69) is 21.7 Å². The van der Waals surface area contributed by atoms with Gasteiger partial charge < -0.3 is 11.1 Å². The van der Waals surface area contributed by atoms with E-state index in [9.17, 15) is 0 Å². The van der Waals surface area contributed by atoms with Crippen molar-refractivity contribution in [3.63, 3.8) is 0 Å². The van der Waals surface area contributed by atoms with Crippen LogP contribution in [0.1, 0.15) is 5.56 Å². The van der Waals surface area contributed by atoms with E-state index < -0.39 is 0 Å². The van der Waals surface area contributed by atoms with Gasteiger partial charge in [0.15, 0.2) is 11.0 Å². The molecule has 5 nitrogen and oxygen atoms in total. The fourth-order valence-electron chi connectivity index (χ4n) is 1.86. The van der Waals surface area contributed by atoms with E-state index in [4.69, 9.17) is 10.4 Å². The lowest BCUT2D eigenvalue weighted by Crippen LogP contribution is -1.94. The summed E-state index contributed by atoms with van der Waals surface area (Å²) in [6.07, 6.45) is 0. The van der Waals surface area contributed by atoms with Crippen molar-refractivity contribution in [1.29, 1.82) is 0 Å². The molecule has 0 aliphatic carbocycles. The summed E-state index contributed by atoms with van der Waals surface area (Å²) in [5, 5.41) is 10.9. The molecule has 0 aliphatic heterocycles. The maximum Gasteiger partial charge on any atom is 0.160 e. The second-order valence-corrected chi connectivity index (χ2v) is 4.16. The van der Waals surface area contributed by atoms with Crippen LogP contribution in [0, 0.1) is 6.92 Å². The average molecular weight is 240 g/mol. The van der Waals surface area contributed by atoms with Gasteiger partial charge in [-0.1, -0.05) is 12.1 Å². The lowest BCUT2D eigenvalue weighted by Gasteiger charge is -2.07. The quantitative estimate of drug-likeness (QED) is 0.673. The summed E-state index contributed by atoms with van der Waals surface area (Å²) in [5.41, 5.74) is 10.6. The average Bonchev–Trinajstić information content (AvgIpc) is 2.83. The fraction of sp³-hybridized carbons (Fsp3) is 0.0769. The minimum Gasteiger partial charge on any atom is -0.397 e. The zero-order valence-electron chi connectivity index (χ0n) is 9.84. The normalized spacial score (nSPS) is 10.7. The second kappa shape index (κ2) is 4.03. The van der Waals surface area contributed by atoms with E-state index in [0.29, 0.717) is 16.7 Å². The van der Waals surface area contributed by atoms with Gasteiger partial charge in [0.2, 0.25) is 0 Å². The number of nitrogens with zero attached hydrogens (tertiary/aromatic N) is 2. The molecule has 3 rings (SSSR count). The van der Waals surface area contributed by atoms with E-state index in [1.807, 2.05) is 31.2 Å². The van der Waals surface area contributed by atoms with Gasteiger partial charge in [-0.3, -0.25) is 0 Å². The van der Waals surface area contributed by atoms with Gasteiger partial charge in [0.1, 0.15) is 0 Å². The van der Waals surface area contributed by atoms with Gasteiger partial charge in [-0.2, -0.15) is 0 Å². The third kappa shape index (κ3) is 1.75. The van der Waals surface area contributed by atoms with Crippen LogP contribution in [0.5, 0.6) is 0 Å². The monoisotopic (exact) mass is 240 g/mol. The number of nitrogens with one attached hydrogen (secondary N) is 1. The first-order valence-corrected chi connectivity index (χ1v) is 5.58. The van der Waals surface area contributed by atoms with Crippen molar-refractivity contribution < 1.29 is 4.63 Å². The van der Waals surface area contributed by atoms with E-state index >= 15 is 0 Å². The van der Waals surface area contributed by atoms with Crippen LogP contribution in [0.2, 0.25) is 0 Å². The van der Waals surface area contributed by atoms with E-state index in [1.54, 1.807) is 6.07 Å². The fourth-order valence-corrected chi connectivity index (χ4v) is 1.86. The third-order valence-corrected chi connectivity index (χ3v) is 2.74. The number of hydrogen-bond acceptors (Lipinski definition) is 5. The van der Waals surface area contributed by atoms with Crippen molar-refractivity contribution in [2.75, 3.05) is 11.1 Å². The molecule has 0 unspecified atom stereocenters. The standard InChI is InChI=1S/C13H12N4O/c1-8-3-2-4-9(7-8)15-11-6-5-10(14)12-13(11)17-18-16-12/h2-7,15H,14H2,1H3. The lowest BCUT2D eigenvalue weighted by atomic mass is 10.2. The van der Waals surface area contributed by atoms with Crippen molar-refractivity contribution in [1.82, 2.24) is 10.3 Å². The molecule has 3 aromatic rings. The summed E-state index contributed by atoms with van der Waals surface area (Å²) in [5.74, 6) is 0. The summed E-state index contributed by atoms with van der Waals surface area (Å²) < 4.78 is 4.73. The molecule has 0 fully saturated rings. The van der Waals surface area contributed by atoms with Gasteiger partial charge in [-0.05, 0) is 47.1 Å². The predicted octanol–water partition coefficient (Wildman–Crippen LogP) is 2.86. The topological polar surface area (TPSA) is 77.0 Å². The first kappa shape index (κ1) is 10.6. The number of nitrogens with two attached hydrogens (primary N) is 1. The number of anilines is 3. The molecular formula is C13H12N4O. The molecule has 90 valence electrons. The molecule has 0 amide bonds. The molecule has 0 spiro atoms. The van der Waals surface area contributed by atoms with Crippen LogP contribution in [0.4, 0.5) is 17.1 Å². The molecule has 1 heterocycles. The number of hydrogen-bond donors (Lipinski definition) is 2. The van der Waals surface area contributed by atoms with Crippen LogP contribution in [0.3, 0.4) is 0 Å². The Hall–Kier alpha value is -2.56. The predicted molar refractivity (Wildman–Crippen MR) is 70.7 cm³/mol. The first-order chi connectivity index (χ1) is 8.74. The minimum absolute atomic E-state index is 0.557. The van der Waals surface area contributed by atoms with E-state index in [1.165, 1.54) is 5.56 Å². The Morgan fingerprint density at radius 3 is 2.78 bits per heavy atom. The zero-order chi connectivity index (χ0) is 12.5. The van der Waals surface area contributed by atoms with Gasteiger partial charge in [-0.25, -0.2) is 4.63 Å². The number of benzene rings is 2. The Labute approximate surface area is 104 Å². The van der Waals surface area contributed by atoms with Gasteiger partial charge in [-0.15, -0.1) is 0 Å². The Morgan fingerprint density at radius 2 is 1.94 bits per heavy atom. The zero-order valence-corrected chi connectivity index (χ0v) is 9.84. The van der Waals surface area contributed by atoms with Crippen LogP contribution in [-0.2, 0) is 0 Å². The second-order valence-electron chi connectivity index (χ2n) is 4.16. The van der Waals surface area contributed by atoms with Gasteiger partial charge in [0.25, 0.3) is 0 Å². The summed E-state index contributed by atoms with van der Waals surface area (Å²) in [7, 11) is 0. The molecule has 3 N–H and O–H groups in total. The molecule has 18 heavy (non-hydrogen) atoms. The Balaban J connectivity index is 2.05. The van der Waals surface area contributed by atoms with Crippen LogP contribution in [0.15, 0.2) is 41.0 Å². The highest BCUT2D eigenvalue weighted by Gasteiger charge is 2.09. The molecule has 0 atom stereocenters. The molecular weight excluding hydrogens is 228 g/mol. The molecule has 0 saturated carbocycles. The van der Waals surface area contributed by atoms with E-state index in [0.717, 1.165) is 11.4 Å². The highest BCUT2D eigenvalue weighted by atomic mass is 16.6. The van der Waals surface area contributed by atoms with E-state index in [-0.39, 0.29) is 0 Å². The maximum atomic E-state index is 5.80.